The van der Waals surface area contributed by atoms with Crippen LogP contribution in [0.5, 0.6) is 11.5 Å². The highest BCUT2D eigenvalue weighted by Crippen LogP contribution is 2.35. The lowest BCUT2D eigenvalue weighted by atomic mass is 10.2. The molecule has 0 saturated carbocycles. The van der Waals surface area contributed by atoms with E-state index in [1.165, 1.54) is 6.20 Å². The number of hydrogen-bond acceptors (Lipinski definition) is 7. The predicted octanol–water partition coefficient (Wildman–Crippen LogP) is 5.64. The maximum Gasteiger partial charge on any atom is 0.155 e. The summed E-state index contributed by atoms with van der Waals surface area (Å²) in [5.74, 6) is 0.821. The van der Waals surface area contributed by atoms with Gasteiger partial charge in [-0.1, -0.05) is 34.8 Å². The van der Waals surface area contributed by atoms with Gasteiger partial charge >= 0.3 is 0 Å². The lowest BCUT2D eigenvalue weighted by Gasteiger charge is -2.17. The molecule has 0 aliphatic rings. The van der Waals surface area contributed by atoms with E-state index in [2.05, 4.69) is 16.0 Å². The number of hydrogen-bond donors (Lipinski definition) is 0. The van der Waals surface area contributed by atoms with Crippen molar-refractivity contribution in [3.8, 4) is 23.3 Å². The topological polar surface area (TPSA) is 107 Å². The first-order valence-corrected chi connectivity index (χ1v) is 14.1. The van der Waals surface area contributed by atoms with Gasteiger partial charge in [-0.15, -0.1) is 0 Å². The molecule has 2 heterocycles. The van der Waals surface area contributed by atoms with Crippen LogP contribution in [0.1, 0.15) is 24.0 Å². The Balaban J connectivity index is 1.54. The van der Waals surface area contributed by atoms with E-state index in [-0.39, 0.29) is 41.1 Å². The van der Waals surface area contributed by atoms with Gasteiger partial charge in [0.05, 0.1) is 21.8 Å². The minimum atomic E-state index is -3.24. The van der Waals surface area contributed by atoms with Gasteiger partial charge in [-0.3, -0.25) is 0 Å². The summed E-state index contributed by atoms with van der Waals surface area (Å²) in [5.41, 5.74) is 2.36. The van der Waals surface area contributed by atoms with Crippen molar-refractivity contribution in [2.24, 2.45) is 0 Å². The highest BCUT2D eigenvalue weighted by molar-refractivity contribution is 7.89. The molecule has 0 aliphatic carbocycles. The molecule has 0 fully saturated rings. The number of sulfone groups is 1. The summed E-state index contributed by atoms with van der Waals surface area (Å²) in [6.45, 7) is 1.70. The molecule has 0 bridgehead atoms. The van der Waals surface area contributed by atoms with E-state index in [0.717, 1.165) is 17.2 Å². The lowest BCUT2D eigenvalue weighted by molar-refractivity contribution is 0.301. The van der Waals surface area contributed by atoms with Crippen LogP contribution in [-0.4, -0.2) is 40.1 Å². The number of ether oxygens (including phenoxy) is 2. The van der Waals surface area contributed by atoms with E-state index in [1.54, 1.807) is 25.1 Å². The van der Waals surface area contributed by atoms with Crippen molar-refractivity contribution >= 4 is 55.5 Å². The molecule has 192 valence electrons. The van der Waals surface area contributed by atoms with Gasteiger partial charge in [-0.05, 0) is 49.4 Å². The van der Waals surface area contributed by atoms with Crippen molar-refractivity contribution in [3.05, 3.63) is 77.0 Å². The zero-order valence-electron chi connectivity index (χ0n) is 19.8. The number of nitrogens with zero attached hydrogens (tertiary/aromatic N) is 4. The van der Waals surface area contributed by atoms with Gasteiger partial charge in [0.2, 0.25) is 0 Å². The van der Waals surface area contributed by atoms with Gasteiger partial charge in [0, 0.05) is 29.7 Å². The van der Waals surface area contributed by atoms with E-state index in [1.807, 2.05) is 35.0 Å². The van der Waals surface area contributed by atoms with Crippen LogP contribution in [0.15, 0.2) is 54.9 Å². The summed E-state index contributed by atoms with van der Waals surface area (Å²) < 4.78 is 35.3. The minimum Gasteiger partial charge on any atom is -0.488 e. The molecule has 2 aromatic carbocycles. The fourth-order valence-electron chi connectivity index (χ4n) is 3.57. The molecule has 0 amide bonds. The third-order valence-corrected chi connectivity index (χ3v) is 6.38. The van der Waals surface area contributed by atoms with Crippen LogP contribution >= 0.6 is 34.8 Å². The Kier molecular flexibility index (Phi) is 7.85. The molecule has 0 radical (unpaired) electrons. The Morgan fingerprint density at radius 1 is 1.14 bits per heavy atom. The van der Waals surface area contributed by atoms with Crippen LogP contribution in [0.2, 0.25) is 5.02 Å². The Hall–Kier alpha value is -3.03. The Labute approximate surface area is 229 Å². The molecule has 0 unspecified atom stereocenters. The molecule has 0 atom stereocenters. The first-order chi connectivity index (χ1) is 17.4. The maximum absolute atomic E-state index is 11.5. The molecular formula is C25H21Cl3N4O4S. The average Bonchev–Trinajstić information content (AvgIpc) is 3.23. The fourth-order valence-corrected chi connectivity index (χ4v) is 4.55. The van der Waals surface area contributed by atoms with Gasteiger partial charge in [-0.2, -0.15) is 5.26 Å². The van der Waals surface area contributed by atoms with Crippen molar-refractivity contribution in [1.82, 2.24) is 14.5 Å². The normalized spacial score (nSPS) is 11.9. The molecule has 37 heavy (non-hydrogen) atoms. The van der Waals surface area contributed by atoms with Gasteiger partial charge in [0.25, 0.3) is 0 Å². The van der Waals surface area contributed by atoms with Gasteiger partial charge in [-0.25, -0.2) is 18.4 Å². The Morgan fingerprint density at radius 2 is 1.92 bits per heavy atom. The van der Waals surface area contributed by atoms with Crippen molar-refractivity contribution in [3.63, 3.8) is 0 Å². The highest BCUT2D eigenvalue weighted by Gasteiger charge is 2.20. The first kappa shape index (κ1) is 27.0. The first-order valence-electron chi connectivity index (χ1n) is 10.9. The van der Waals surface area contributed by atoms with E-state index >= 15 is 0 Å². The summed E-state index contributed by atoms with van der Waals surface area (Å²) >= 11 is 18.4. The Bertz CT molecular complexity index is 1610. The summed E-state index contributed by atoms with van der Waals surface area (Å²) in [5, 5.41) is 10.8. The predicted molar refractivity (Wildman–Crippen MR) is 144 cm³/mol. The lowest BCUT2D eigenvalue weighted by Crippen LogP contribution is -2.19. The SMILES string of the molecule is CC(Cl)(Cl)COc1c(Cl)cc(-n2ccc3cc(OCc4ccnc(CS(C)(=O)=O)n4)ccc32)cc1C#N. The standard InChI is InChI=1S/C25H21Cl3N4O4S/c1-25(27,28)15-36-24-17(12-29)9-19(11-21(24)26)32-8-6-16-10-20(3-4-22(16)32)35-13-18-5-7-30-23(31-18)14-37(2,33)34/h3-11H,13-15H2,1-2H3. The number of nitriles is 1. The van der Waals surface area contributed by atoms with E-state index in [0.29, 0.717) is 17.1 Å². The van der Waals surface area contributed by atoms with E-state index in [9.17, 15) is 13.7 Å². The third kappa shape index (κ3) is 7.05. The van der Waals surface area contributed by atoms with Crippen molar-refractivity contribution in [2.45, 2.75) is 23.6 Å². The number of fused-ring (bicyclic) bond motifs is 1. The summed E-state index contributed by atoms with van der Waals surface area (Å²) in [6.07, 6.45) is 4.50. The molecular weight excluding hydrogens is 559 g/mol. The van der Waals surface area contributed by atoms with Gasteiger partial charge in [0.15, 0.2) is 15.6 Å². The second-order valence-corrected chi connectivity index (χ2v) is 12.9. The third-order valence-electron chi connectivity index (χ3n) is 5.10. The molecule has 4 aromatic rings. The molecule has 0 aliphatic heterocycles. The number of aromatic nitrogens is 3. The molecule has 0 saturated heterocycles. The second-order valence-electron chi connectivity index (χ2n) is 8.50. The number of halogens is 3. The van der Waals surface area contributed by atoms with Crippen LogP contribution in [0, 0.1) is 11.3 Å². The van der Waals surface area contributed by atoms with Crippen molar-refractivity contribution < 1.29 is 17.9 Å². The molecule has 8 nitrogen and oxygen atoms in total. The zero-order chi connectivity index (χ0) is 26.8. The largest absolute Gasteiger partial charge is 0.488 e. The smallest absolute Gasteiger partial charge is 0.155 e. The minimum absolute atomic E-state index is 0.0346. The van der Waals surface area contributed by atoms with Gasteiger partial charge < -0.3 is 14.0 Å². The number of benzene rings is 2. The average molecular weight is 580 g/mol. The summed E-state index contributed by atoms with van der Waals surface area (Å²) in [6, 6.07) is 14.6. The van der Waals surface area contributed by atoms with Crippen LogP contribution in [0.4, 0.5) is 0 Å². The summed E-state index contributed by atoms with van der Waals surface area (Å²) in [7, 11) is -3.24. The number of rotatable bonds is 9. The monoisotopic (exact) mass is 578 g/mol. The van der Waals surface area contributed by atoms with Crippen LogP contribution in [0.25, 0.3) is 16.6 Å². The fraction of sp³-hybridized carbons (Fsp3) is 0.240. The van der Waals surface area contributed by atoms with Crippen molar-refractivity contribution in [1.29, 1.82) is 5.26 Å². The molecule has 4 rings (SSSR count). The molecule has 0 spiro atoms. The molecule has 0 N–H and O–H groups in total. The Morgan fingerprint density at radius 3 is 2.62 bits per heavy atom. The van der Waals surface area contributed by atoms with Crippen LogP contribution in [-0.2, 0) is 22.2 Å². The zero-order valence-corrected chi connectivity index (χ0v) is 22.9. The van der Waals surface area contributed by atoms with E-state index < -0.39 is 14.2 Å². The summed E-state index contributed by atoms with van der Waals surface area (Å²) in [4.78, 5) is 8.25. The van der Waals surface area contributed by atoms with Crippen LogP contribution < -0.4 is 9.47 Å². The number of alkyl halides is 2. The highest BCUT2D eigenvalue weighted by atomic mass is 35.5. The molecule has 2 aromatic heterocycles. The quantitative estimate of drug-likeness (QED) is 0.236. The van der Waals surface area contributed by atoms with E-state index in [4.69, 9.17) is 44.3 Å². The van der Waals surface area contributed by atoms with Gasteiger partial charge in [0.1, 0.15) is 40.9 Å². The maximum atomic E-state index is 11.5. The second kappa shape index (κ2) is 10.8. The molecule has 12 heteroatoms. The van der Waals surface area contributed by atoms with Crippen LogP contribution in [0.3, 0.4) is 0 Å². The van der Waals surface area contributed by atoms with Crippen molar-refractivity contribution in [2.75, 3.05) is 12.9 Å².